The molecule has 0 aliphatic carbocycles. The van der Waals surface area contributed by atoms with E-state index in [1.165, 1.54) is 5.56 Å². The molecule has 0 spiro atoms. The second-order valence-electron chi connectivity index (χ2n) is 5.30. The van der Waals surface area contributed by atoms with Gasteiger partial charge in [-0.15, -0.1) is 0 Å². The first kappa shape index (κ1) is 17.4. The first-order valence-corrected chi connectivity index (χ1v) is 8.82. The molecule has 0 saturated heterocycles. The first-order chi connectivity index (χ1) is 11.2. The number of hydrogen-bond donors (Lipinski definition) is 2. The van der Waals surface area contributed by atoms with Gasteiger partial charge in [0.2, 0.25) is 0 Å². The van der Waals surface area contributed by atoms with Crippen molar-refractivity contribution in [1.82, 2.24) is 15.2 Å². The summed E-state index contributed by atoms with van der Waals surface area (Å²) in [6.45, 7) is 8.66. The van der Waals surface area contributed by atoms with Crippen LogP contribution in [0.1, 0.15) is 31.0 Å². The highest BCUT2D eigenvalue weighted by Crippen LogP contribution is 2.22. The molecule has 0 aliphatic heterocycles. The van der Waals surface area contributed by atoms with Gasteiger partial charge in [0, 0.05) is 12.7 Å². The van der Waals surface area contributed by atoms with E-state index in [2.05, 4.69) is 51.2 Å². The van der Waals surface area contributed by atoms with Crippen molar-refractivity contribution in [2.75, 3.05) is 25.0 Å². The van der Waals surface area contributed by atoms with Crippen LogP contribution in [0.4, 0.5) is 10.6 Å². The Kier molecular flexibility index (Phi) is 6.55. The van der Waals surface area contributed by atoms with Gasteiger partial charge in [0.15, 0.2) is 0 Å². The number of carbonyl (C=O) groups is 1. The average Bonchev–Trinajstić information content (AvgIpc) is 3.08. The van der Waals surface area contributed by atoms with Crippen LogP contribution in [0.25, 0.3) is 0 Å². The third kappa shape index (κ3) is 4.77. The monoisotopic (exact) mass is 332 g/mol. The van der Waals surface area contributed by atoms with Crippen molar-refractivity contribution in [3.8, 4) is 0 Å². The van der Waals surface area contributed by atoms with Crippen LogP contribution in [0.15, 0.2) is 35.2 Å². The molecule has 0 bridgehead atoms. The van der Waals surface area contributed by atoms with E-state index in [1.54, 1.807) is 17.5 Å². The molecule has 1 atom stereocenters. The van der Waals surface area contributed by atoms with Gasteiger partial charge in [0.1, 0.15) is 5.82 Å². The van der Waals surface area contributed by atoms with Gasteiger partial charge in [-0.2, -0.15) is 11.3 Å². The van der Waals surface area contributed by atoms with Crippen LogP contribution < -0.4 is 10.6 Å². The predicted molar refractivity (Wildman–Crippen MR) is 96.0 cm³/mol. The van der Waals surface area contributed by atoms with Gasteiger partial charge >= 0.3 is 6.03 Å². The molecular formula is C17H24N4OS. The third-order valence-corrected chi connectivity index (χ3v) is 4.58. The fourth-order valence-electron chi connectivity index (χ4n) is 2.54. The number of likely N-dealkylation sites (N-methyl/N-ethyl adjacent to an activating group) is 1. The van der Waals surface area contributed by atoms with Crippen LogP contribution in [0.2, 0.25) is 0 Å². The summed E-state index contributed by atoms with van der Waals surface area (Å²) >= 11 is 1.68. The van der Waals surface area contributed by atoms with Crippen molar-refractivity contribution in [2.45, 2.75) is 26.8 Å². The fourth-order valence-corrected chi connectivity index (χ4v) is 3.25. The van der Waals surface area contributed by atoms with Gasteiger partial charge in [-0.3, -0.25) is 10.2 Å². The Bertz CT molecular complexity index is 611. The normalized spacial score (nSPS) is 12.2. The zero-order valence-electron chi connectivity index (χ0n) is 13.9. The van der Waals surface area contributed by atoms with E-state index in [0.717, 1.165) is 18.7 Å². The standard InChI is InChI=1S/C17H24N4OS/c1-4-21(5-2)15(14-8-10-23-12-14)11-19-17(22)20-16-13(3)7-6-9-18-16/h6-10,12,15H,4-5,11H2,1-3H3,(H2,18,19,20,22)/t15-/m1/s1. The number of thiophene rings is 1. The molecular weight excluding hydrogens is 308 g/mol. The first-order valence-electron chi connectivity index (χ1n) is 7.88. The molecule has 124 valence electrons. The Balaban J connectivity index is 1.98. The number of carbonyl (C=O) groups excluding carboxylic acids is 1. The number of nitrogens with zero attached hydrogens (tertiary/aromatic N) is 2. The summed E-state index contributed by atoms with van der Waals surface area (Å²) in [6, 6.07) is 5.86. The largest absolute Gasteiger partial charge is 0.336 e. The molecule has 2 amide bonds. The summed E-state index contributed by atoms with van der Waals surface area (Å²) in [5, 5.41) is 9.99. The molecule has 0 saturated carbocycles. The van der Waals surface area contributed by atoms with Gasteiger partial charge in [-0.25, -0.2) is 9.78 Å². The fraction of sp³-hybridized carbons (Fsp3) is 0.412. The van der Waals surface area contributed by atoms with Crippen molar-refractivity contribution in [1.29, 1.82) is 0 Å². The average molecular weight is 332 g/mol. The predicted octanol–water partition coefficient (Wildman–Crippen LogP) is 3.66. The van der Waals surface area contributed by atoms with E-state index in [-0.39, 0.29) is 12.1 Å². The van der Waals surface area contributed by atoms with Gasteiger partial charge in [-0.1, -0.05) is 19.9 Å². The lowest BCUT2D eigenvalue weighted by Gasteiger charge is -2.29. The highest BCUT2D eigenvalue weighted by molar-refractivity contribution is 7.07. The van der Waals surface area contributed by atoms with Crippen LogP contribution in [0.5, 0.6) is 0 Å². The van der Waals surface area contributed by atoms with Crippen molar-refractivity contribution >= 4 is 23.2 Å². The second-order valence-corrected chi connectivity index (χ2v) is 6.08. The molecule has 23 heavy (non-hydrogen) atoms. The van der Waals surface area contributed by atoms with E-state index in [0.29, 0.717) is 12.4 Å². The molecule has 2 N–H and O–H groups in total. The van der Waals surface area contributed by atoms with E-state index in [9.17, 15) is 4.79 Å². The minimum Gasteiger partial charge on any atom is -0.336 e. The summed E-state index contributed by atoms with van der Waals surface area (Å²) in [5.74, 6) is 0.597. The zero-order valence-corrected chi connectivity index (χ0v) is 14.7. The van der Waals surface area contributed by atoms with Gasteiger partial charge < -0.3 is 5.32 Å². The third-order valence-electron chi connectivity index (χ3n) is 3.88. The van der Waals surface area contributed by atoms with Crippen molar-refractivity contribution in [3.05, 3.63) is 46.3 Å². The van der Waals surface area contributed by atoms with Crippen molar-refractivity contribution < 1.29 is 4.79 Å². The number of aromatic nitrogens is 1. The SMILES string of the molecule is CCN(CC)[C@H](CNC(=O)Nc1ncccc1C)c1ccsc1. The van der Waals surface area contributed by atoms with Gasteiger partial charge in [0.05, 0.1) is 6.04 Å². The number of nitrogens with one attached hydrogen (secondary N) is 2. The zero-order chi connectivity index (χ0) is 16.7. The highest BCUT2D eigenvalue weighted by Gasteiger charge is 2.19. The topological polar surface area (TPSA) is 57.3 Å². The van der Waals surface area contributed by atoms with E-state index in [1.807, 2.05) is 19.1 Å². The van der Waals surface area contributed by atoms with Crippen molar-refractivity contribution in [3.63, 3.8) is 0 Å². The quantitative estimate of drug-likeness (QED) is 0.813. The molecule has 0 aromatic carbocycles. The van der Waals surface area contributed by atoms with Crippen LogP contribution in [-0.4, -0.2) is 35.5 Å². The highest BCUT2D eigenvalue weighted by atomic mass is 32.1. The maximum absolute atomic E-state index is 12.2. The Morgan fingerprint density at radius 1 is 1.35 bits per heavy atom. The lowest BCUT2D eigenvalue weighted by Crippen LogP contribution is -2.39. The number of hydrogen-bond acceptors (Lipinski definition) is 4. The molecule has 2 rings (SSSR count). The Morgan fingerprint density at radius 3 is 2.74 bits per heavy atom. The molecule has 2 aromatic rings. The molecule has 0 fully saturated rings. The number of urea groups is 1. The Morgan fingerprint density at radius 2 is 2.13 bits per heavy atom. The van der Waals surface area contributed by atoms with Crippen LogP contribution in [0.3, 0.4) is 0 Å². The Labute approximate surface area is 141 Å². The van der Waals surface area contributed by atoms with Crippen LogP contribution >= 0.6 is 11.3 Å². The Hall–Kier alpha value is -1.92. The number of aryl methyl sites for hydroxylation is 1. The lowest BCUT2D eigenvalue weighted by molar-refractivity contribution is 0.210. The van der Waals surface area contributed by atoms with Crippen molar-refractivity contribution in [2.24, 2.45) is 0 Å². The summed E-state index contributed by atoms with van der Waals surface area (Å²) in [4.78, 5) is 18.7. The minimum absolute atomic E-state index is 0.187. The second kappa shape index (κ2) is 8.64. The maximum atomic E-state index is 12.2. The van der Waals surface area contributed by atoms with Gasteiger partial charge in [0.25, 0.3) is 0 Å². The smallest absolute Gasteiger partial charge is 0.320 e. The maximum Gasteiger partial charge on any atom is 0.320 e. The number of rotatable bonds is 7. The lowest BCUT2D eigenvalue weighted by atomic mass is 10.1. The van der Waals surface area contributed by atoms with E-state index in [4.69, 9.17) is 0 Å². The van der Waals surface area contributed by atoms with Crippen LogP contribution in [-0.2, 0) is 0 Å². The molecule has 2 aromatic heterocycles. The molecule has 6 heteroatoms. The summed E-state index contributed by atoms with van der Waals surface area (Å²) in [7, 11) is 0. The minimum atomic E-state index is -0.223. The molecule has 0 aliphatic rings. The summed E-state index contributed by atoms with van der Waals surface area (Å²) < 4.78 is 0. The van der Waals surface area contributed by atoms with E-state index < -0.39 is 0 Å². The molecule has 2 heterocycles. The molecule has 5 nitrogen and oxygen atoms in total. The molecule has 0 radical (unpaired) electrons. The van der Waals surface area contributed by atoms with E-state index >= 15 is 0 Å². The number of pyridine rings is 1. The molecule has 0 unspecified atom stereocenters. The number of anilines is 1. The number of amides is 2. The van der Waals surface area contributed by atoms with Crippen LogP contribution in [0, 0.1) is 6.92 Å². The summed E-state index contributed by atoms with van der Waals surface area (Å²) in [5.41, 5.74) is 2.19. The van der Waals surface area contributed by atoms with Gasteiger partial charge in [-0.05, 0) is 54.0 Å². The summed E-state index contributed by atoms with van der Waals surface area (Å²) in [6.07, 6.45) is 1.67.